The highest BCUT2D eigenvalue weighted by Crippen LogP contribution is 2.26. The van der Waals surface area contributed by atoms with Gasteiger partial charge < -0.3 is 25.9 Å². The van der Waals surface area contributed by atoms with Crippen LogP contribution in [-0.4, -0.2) is 31.8 Å². The fourth-order valence-corrected chi connectivity index (χ4v) is 1.98. The molecule has 1 atom stereocenters. The van der Waals surface area contributed by atoms with Crippen LogP contribution in [0.2, 0.25) is 0 Å². The highest BCUT2D eigenvalue weighted by Gasteiger charge is 2.37. The minimum atomic E-state index is -0.951. The van der Waals surface area contributed by atoms with E-state index in [0.717, 1.165) is 12.0 Å². The van der Waals surface area contributed by atoms with Gasteiger partial charge in [0.15, 0.2) is 0 Å². The van der Waals surface area contributed by atoms with Crippen LogP contribution < -0.4 is 21.7 Å². The smallest absolute Gasteiger partial charge is 0.494 e. The van der Waals surface area contributed by atoms with E-state index in [1.54, 1.807) is 0 Å². The van der Waals surface area contributed by atoms with Gasteiger partial charge in [-0.05, 0) is 24.6 Å². The quantitative estimate of drug-likeness (QED) is 0.456. The molecule has 1 unspecified atom stereocenters. The molecule has 5 nitrogen and oxygen atoms in total. The van der Waals surface area contributed by atoms with Crippen LogP contribution in [0.3, 0.4) is 0 Å². The Bertz CT molecular complexity index is 389. The van der Waals surface area contributed by atoms with E-state index in [2.05, 4.69) is 0 Å². The van der Waals surface area contributed by atoms with E-state index in [1.165, 1.54) is 0 Å². The largest absolute Gasteiger partial charge is 0.495 e. The van der Waals surface area contributed by atoms with E-state index in [1.807, 2.05) is 18.2 Å². The molecule has 1 heterocycles. The second-order valence-electron chi connectivity index (χ2n) is 3.96. The second kappa shape index (κ2) is 5.51. The molecule has 1 aliphatic heterocycles. The number of benzene rings is 1. The molecule has 0 bridgehead atoms. The molecule has 5 N–H and O–H groups in total. The van der Waals surface area contributed by atoms with E-state index in [4.69, 9.17) is 20.9 Å². The summed E-state index contributed by atoms with van der Waals surface area (Å²) < 4.78 is 10.9. The molecule has 0 saturated heterocycles. The fourth-order valence-electron chi connectivity index (χ4n) is 1.98. The Morgan fingerprint density at radius 1 is 1.41 bits per heavy atom. The van der Waals surface area contributed by atoms with Gasteiger partial charge in [0, 0.05) is 12.0 Å². The van der Waals surface area contributed by atoms with Crippen LogP contribution >= 0.6 is 0 Å². The van der Waals surface area contributed by atoms with E-state index in [-0.39, 0.29) is 6.10 Å². The summed E-state index contributed by atoms with van der Waals surface area (Å²) in [5.74, 6) is 0.652. The Kier molecular flexibility index (Phi) is 4.01. The first-order valence-corrected chi connectivity index (χ1v) is 5.77. The highest BCUT2D eigenvalue weighted by molar-refractivity contribution is 6.62. The molecular weight excluding hydrogens is 219 g/mol. The Morgan fingerprint density at radius 2 is 2.24 bits per heavy atom. The summed E-state index contributed by atoms with van der Waals surface area (Å²) in [6, 6.07) is 5.60. The number of rotatable bonds is 5. The zero-order valence-corrected chi connectivity index (χ0v) is 9.63. The maximum absolute atomic E-state index is 9.84. The SMILES string of the molecule is NCCCOc1cccc2c1B(O)OC2CN. The molecule has 0 aliphatic carbocycles. The molecule has 0 amide bonds. The van der Waals surface area contributed by atoms with Gasteiger partial charge in [0.2, 0.25) is 0 Å². The van der Waals surface area contributed by atoms with E-state index in [9.17, 15) is 5.02 Å². The van der Waals surface area contributed by atoms with Gasteiger partial charge in [-0.1, -0.05) is 12.1 Å². The molecule has 6 heteroatoms. The number of ether oxygens (including phenoxy) is 1. The minimum absolute atomic E-state index is 0.252. The van der Waals surface area contributed by atoms with Gasteiger partial charge in [0.05, 0.1) is 12.7 Å². The first kappa shape index (κ1) is 12.4. The van der Waals surface area contributed by atoms with Crippen molar-refractivity contribution in [2.24, 2.45) is 11.5 Å². The van der Waals surface area contributed by atoms with Gasteiger partial charge in [-0.3, -0.25) is 0 Å². The molecular formula is C11H17BN2O3. The predicted molar refractivity (Wildman–Crippen MR) is 66.1 cm³/mol. The third-order valence-electron chi connectivity index (χ3n) is 2.81. The van der Waals surface area contributed by atoms with Crippen molar-refractivity contribution in [2.75, 3.05) is 19.7 Å². The zero-order valence-electron chi connectivity index (χ0n) is 9.63. The molecule has 0 aromatic heterocycles. The number of fused-ring (bicyclic) bond motifs is 1. The molecule has 0 fully saturated rings. The average Bonchev–Trinajstić information content (AvgIpc) is 2.68. The second-order valence-corrected chi connectivity index (χ2v) is 3.96. The molecule has 2 rings (SSSR count). The van der Waals surface area contributed by atoms with E-state index >= 15 is 0 Å². The molecule has 1 aromatic carbocycles. The van der Waals surface area contributed by atoms with Crippen LogP contribution in [0.1, 0.15) is 18.1 Å². The number of hydrogen-bond donors (Lipinski definition) is 3. The van der Waals surface area contributed by atoms with Crippen LogP contribution in [0, 0.1) is 0 Å². The lowest BCUT2D eigenvalue weighted by atomic mass is 9.78. The number of nitrogens with two attached hydrogens (primary N) is 2. The minimum Gasteiger partial charge on any atom is -0.494 e. The Morgan fingerprint density at radius 3 is 2.94 bits per heavy atom. The zero-order chi connectivity index (χ0) is 12.3. The summed E-state index contributed by atoms with van der Waals surface area (Å²) in [7, 11) is -0.951. The van der Waals surface area contributed by atoms with Gasteiger partial charge in [-0.15, -0.1) is 0 Å². The van der Waals surface area contributed by atoms with Crippen molar-refractivity contribution in [3.8, 4) is 5.75 Å². The van der Waals surface area contributed by atoms with E-state index < -0.39 is 7.12 Å². The van der Waals surface area contributed by atoms with Gasteiger partial charge >= 0.3 is 7.12 Å². The van der Waals surface area contributed by atoms with Crippen LogP contribution in [0.5, 0.6) is 5.75 Å². The molecule has 0 saturated carbocycles. The summed E-state index contributed by atoms with van der Waals surface area (Å²) in [6.45, 7) is 1.46. The van der Waals surface area contributed by atoms with Crippen LogP contribution in [0.15, 0.2) is 18.2 Å². The summed E-state index contributed by atoms with van der Waals surface area (Å²) in [6.07, 6.45) is 0.527. The molecule has 1 aliphatic rings. The monoisotopic (exact) mass is 236 g/mol. The Labute approximate surface area is 101 Å². The van der Waals surface area contributed by atoms with Crippen LogP contribution in [-0.2, 0) is 4.65 Å². The summed E-state index contributed by atoms with van der Waals surface area (Å²) >= 11 is 0. The molecule has 92 valence electrons. The van der Waals surface area contributed by atoms with Crippen molar-refractivity contribution in [2.45, 2.75) is 12.5 Å². The normalized spacial score (nSPS) is 18.3. The third-order valence-corrected chi connectivity index (χ3v) is 2.81. The first-order valence-electron chi connectivity index (χ1n) is 5.77. The van der Waals surface area contributed by atoms with Crippen molar-refractivity contribution in [3.05, 3.63) is 23.8 Å². The molecule has 17 heavy (non-hydrogen) atoms. The Balaban J connectivity index is 2.21. The highest BCUT2D eigenvalue weighted by atomic mass is 16.5. The van der Waals surface area contributed by atoms with E-state index in [0.29, 0.717) is 30.9 Å². The molecule has 0 radical (unpaired) electrons. The van der Waals surface area contributed by atoms with Crippen molar-refractivity contribution in [1.82, 2.24) is 0 Å². The van der Waals surface area contributed by atoms with Crippen molar-refractivity contribution in [1.29, 1.82) is 0 Å². The van der Waals surface area contributed by atoms with Crippen LogP contribution in [0.25, 0.3) is 0 Å². The summed E-state index contributed by atoms with van der Waals surface area (Å²) in [5.41, 5.74) is 12.6. The topological polar surface area (TPSA) is 90.7 Å². The van der Waals surface area contributed by atoms with Gasteiger partial charge in [0.1, 0.15) is 5.75 Å². The summed E-state index contributed by atoms with van der Waals surface area (Å²) in [4.78, 5) is 0. The standard InChI is InChI=1S/C11H17BN2O3/c13-5-2-6-16-9-4-1-3-8-10(7-14)17-12(15)11(8)9/h1,3-4,10,15H,2,5-7,13-14H2. The lowest BCUT2D eigenvalue weighted by molar-refractivity contribution is 0.198. The van der Waals surface area contributed by atoms with Gasteiger partial charge in [-0.2, -0.15) is 0 Å². The van der Waals surface area contributed by atoms with Gasteiger partial charge in [-0.25, -0.2) is 0 Å². The fraction of sp³-hybridized carbons (Fsp3) is 0.455. The van der Waals surface area contributed by atoms with Crippen molar-refractivity contribution >= 4 is 12.6 Å². The third kappa shape index (κ3) is 2.45. The lowest BCUT2D eigenvalue weighted by Crippen LogP contribution is -2.30. The summed E-state index contributed by atoms with van der Waals surface area (Å²) in [5, 5.41) is 9.84. The van der Waals surface area contributed by atoms with Crippen molar-refractivity contribution < 1.29 is 14.4 Å². The molecule has 0 spiro atoms. The first-order chi connectivity index (χ1) is 8.27. The average molecular weight is 236 g/mol. The number of hydrogen-bond acceptors (Lipinski definition) is 5. The maximum Gasteiger partial charge on any atom is 0.495 e. The van der Waals surface area contributed by atoms with Crippen molar-refractivity contribution in [3.63, 3.8) is 0 Å². The predicted octanol–water partition coefficient (Wildman–Crippen LogP) is -0.868. The maximum atomic E-state index is 9.84. The van der Waals surface area contributed by atoms with Crippen LogP contribution in [0.4, 0.5) is 0 Å². The lowest BCUT2D eigenvalue weighted by Gasteiger charge is -2.11. The molecule has 1 aromatic rings. The Hall–Kier alpha value is -1.08. The van der Waals surface area contributed by atoms with Gasteiger partial charge in [0.25, 0.3) is 0 Å².